The van der Waals surface area contributed by atoms with Gasteiger partial charge in [0, 0.05) is 29.3 Å². The van der Waals surface area contributed by atoms with Gasteiger partial charge in [-0.25, -0.2) is 8.42 Å². The number of rotatable bonds is 11. The van der Waals surface area contributed by atoms with Crippen LogP contribution in [-0.2, 0) is 16.4 Å². The van der Waals surface area contributed by atoms with Crippen LogP contribution < -0.4 is 14.8 Å². The van der Waals surface area contributed by atoms with Gasteiger partial charge in [-0.15, -0.1) is 0 Å². The van der Waals surface area contributed by atoms with Crippen molar-refractivity contribution in [1.29, 1.82) is 0 Å². The van der Waals surface area contributed by atoms with Crippen LogP contribution >= 0.6 is 0 Å². The van der Waals surface area contributed by atoms with Gasteiger partial charge in [0.25, 0.3) is 10.0 Å². The maximum atomic E-state index is 12.4. The molecule has 0 amide bonds. The van der Waals surface area contributed by atoms with Crippen molar-refractivity contribution in [3.63, 3.8) is 0 Å². The molecule has 1 heterocycles. The highest BCUT2D eigenvalue weighted by molar-refractivity contribution is 7.92. The summed E-state index contributed by atoms with van der Waals surface area (Å²) in [4.78, 5) is 3.37. The molecule has 7 nitrogen and oxygen atoms in total. The Labute approximate surface area is 193 Å². The van der Waals surface area contributed by atoms with Crippen molar-refractivity contribution in [2.45, 2.75) is 17.4 Å². The highest BCUT2D eigenvalue weighted by Crippen LogP contribution is 2.24. The quantitative estimate of drug-likeness (QED) is 0.254. The Morgan fingerprint density at radius 1 is 0.939 bits per heavy atom. The molecule has 0 saturated carbocycles. The first kappa shape index (κ1) is 22.8. The van der Waals surface area contributed by atoms with E-state index >= 15 is 0 Å². The second kappa shape index (κ2) is 10.5. The van der Waals surface area contributed by atoms with E-state index in [4.69, 9.17) is 4.74 Å². The van der Waals surface area contributed by atoms with E-state index < -0.39 is 16.1 Å². The molecule has 8 heteroatoms. The monoisotopic (exact) mass is 465 g/mol. The van der Waals surface area contributed by atoms with E-state index in [1.165, 1.54) is 0 Å². The van der Waals surface area contributed by atoms with Crippen LogP contribution in [0.25, 0.3) is 10.9 Å². The van der Waals surface area contributed by atoms with Crippen LogP contribution in [-0.4, -0.2) is 44.3 Å². The fourth-order valence-corrected chi connectivity index (χ4v) is 4.56. The molecule has 0 radical (unpaired) electrons. The van der Waals surface area contributed by atoms with Gasteiger partial charge in [-0.2, -0.15) is 0 Å². The highest BCUT2D eigenvalue weighted by atomic mass is 32.2. The van der Waals surface area contributed by atoms with E-state index in [9.17, 15) is 13.5 Å². The predicted octanol–water partition coefficient (Wildman–Crippen LogP) is 3.54. The first-order valence-electron chi connectivity index (χ1n) is 10.8. The van der Waals surface area contributed by atoms with E-state index in [1.807, 2.05) is 42.6 Å². The summed E-state index contributed by atoms with van der Waals surface area (Å²) in [5.74, 6) is 0.746. The van der Waals surface area contributed by atoms with Gasteiger partial charge in [0.2, 0.25) is 0 Å². The average Bonchev–Trinajstić information content (AvgIpc) is 3.31. The molecule has 3 aromatic carbocycles. The van der Waals surface area contributed by atoms with Crippen LogP contribution in [0.4, 0.5) is 5.69 Å². The van der Waals surface area contributed by atoms with Gasteiger partial charge < -0.3 is 20.1 Å². The van der Waals surface area contributed by atoms with Gasteiger partial charge in [-0.3, -0.25) is 4.72 Å². The first-order chi connectivity index (χ1) is 16.0. The molecular weight excluding hydrogens is 438 g/mol. The zero-order valence-corrected chi connectivity index (χ0v) is 18.9. The Hall–Kier alpha value is -3.33. The lowest BCUT2D eigenvalue weighted by Crippen LogP contribution is -2.32. The second-order valence-electron chi connectivity index (χ2n) is 7.73. The number of aliphatic hydroxyl groups excluding tert-OH is 1. The lowest BCUT2D eigenvalue weighted by atomic mass is 10.1. The second-order valence-corrected chi connectivity index (χ2v) is 9.41. The summed E-state index contributed by atoms with van der Waals surface area (Å²) in [6.45, 7) is 1.30. The largest absolute Gasteiger partial charge is 0.490 e. The molecule has 0 spiro atoms. The molecule has 4 aromatic rings. The number of aliphatic hydroxyl groups is 1. The summed E-state index contributed by atoms with van der Waals surface area (Å²) in [7, 11) is -3.59. The Kier molecular flexibility index (Phi) is 7.29. The average molecular weight is 466 g/mol. The molecule has 33 heavy (non-hydrogen) atoms. The number of aromatic amines is 1. The van der Waals surface area contributed by atoms with Crippen LogP contribution in [0.5, 0.6) is 5.75 Å². The third-order valence-electron chi connectivity index (χ3n) is 5.22. The number of hydrogen-bond acceptors (Lipinski definition) is 5. The molecule has 0 unspecified atom stereocenters. The summed E-state index contributed by atoms with van der Waals surface area (Å²) >= 11 is 0. The fourth-order valence-electron chi connectivity index (χ4n) is 3.48. The smallest absolute Gasteiger partial charge is 0.261 e. The Bertz CT molecular complexity index is 1270. The Morgan fingerprint density at radius 3 is 2.52 bits per heavy atom. The summed E-state index contributed by atoms with van der Waals surface area (Å²) in [6, 6.07) is 23.3. The molecular formula is C25H27N3O4S. The van der Waals surface area contributed by atoms with Crippen molar-refractivity contribution in [1.82, 2.24) is 10.3 Å². The van der Waals surface area contributed by atoms with Crippen LogP contribution in [0.2, 0.25) is 0 Å². The molecule has 0 aliphatic heterocycles. The van der Waals surface area contributed by atoms with Crippen molar-refractivity contribution in [3.8, 4) is 5.75 Å². The number of aromatic nitrogens is 1. The third kappa shape index (κ3) is 6.13. The fraction of sp³-hybridized carbons (Fsp3) is 0.200. The van der Waals surface area contributed by atoms with Gasteiger partial charge >= 0.3 is 0 Å². The molecule has 0 aliphatic carbocycles. The number of fused-ring (bicyclic) bond motifs is 1. The van der Waals surface area contributed by atoms with Crippen molar-refractivity contribution < 1.29 is 18.3 Å². The van der Waals surface area contributed by atoms with Crippen LogP contribution in [0.3, 0.4) is 0 Å². The van der Waals surface area contributed by atoms with E-state index in [1.54, 1.807) is 42.5 Å². The number of anilines is 1. The zero-order chi connectivity index (χ0) is 23.1. The van der Waals surface area contributed by atoms with Crippen molar-refractivity contribution in [2.24, 2.45) is 0 Å². The molecule has 0 bridgehead atoms. The van der Waals surface area contributed by atoms with Crippen molar-refractivity contribution in [3.05, 3.63) is 90.6 Å². The molecule has 4 rings (SSSR count). The standard InChI is InChI=1S/C25H27N3O4S/c29-21(18-32-25-8-4-7-24-23(25)14-16-27-24)17-26-15-13-19-9-11-20(12-10-19)28-33(30,31)22-5-2-1-3-6-22/h1-12,14,16,21,26-29H,13,15,17-18H2/t21-/m0/s1. The predicted molar refractivity (Wildman–Crippen MR) is 130 cm³/mol. The Morgan fingerprint density at radius 2 is 1.73 bits per heavy atom. The number of sulfonamides is 1. The van der Waals surface area contributed by atoms with Gasteiger partial charge in [0.1, 0.15) is 18.5 Å². The zero-order valence-electron chi connectivity index (χ0n) is 18.1. The molecule has 1 aromatic heterocycles. The minimum atomic E-state index is -3.59. The molecule has 1 atom stereocenters. The topological polar surface area (TPSA) is 103 Å². The summed E-state index contributed by atoms with van der Waals surface area (Å²) in [6.07, 6.45) is 1.98. The van der Waals surface area contributed by atoms with E-state index in [-0.39, 0.29) is 11.5 Å². The maximum Gasteiger partial charge on any atom is 0.261 e. The lowest BCUT2D eigenvalue weighted by Gasteiger charge is -2.14. The summed E-state index contributed by atoms with van der Waals surface area (Å²) in [5.41, 5.74) is 2.58. The van der Waals surface area contributed by atoms with Crippen LogP contribution in [0.15, 0.2) is 90.0 Å². The number of H-pyrrole nitrogens is 1. The van der Waals surface area contributed by atoms with Crippen molar-refractivity contribution >= 4 is 26.6 Å². The number of nitrogens with one attached hydrogen (secondary N) is 3. The summed E-state index contributed by atoms with van der Waals surface area (Å²) in [5, 5.41) is 14.4. The van der Waals surface area contributed by atoms with Crippen LogP contribution in [0, 0.1) is 0 Å². The van der Waals surface area contributed by atoms with Gasteiger partial charge in [-0.05, 0) is 61.0 Å². The lowest BCUT2D eigenvalue weighted by molar-refractivity contribution is 0.107. The molecule has 172 valence electrons. The Balaban J connectivity index is 1.19. The molecule has 4 N–H and O–H groups in total. The first-order valence-corrected chi connectivity index (χ1v) is 12.2. The number of hydrogen-bond donors (Lipinski definition) is 4. The normalized spacial score (nSPS) is 12.5. The van der Waals surface area contributed by atoms with E-state index in [0.29, 0.717) is 18.8 Å². The molecule has 0 aliphatic rings. The number of benzene rings is 3. The minimum absolute atomic E-state index is 0.202. The van der Waals surface area contributed by atoms with Crippen molar-refractivity contribution in [2.75, 3.05) is 24.4 Å². The van der Waals surface area contributed by atoms with E-state index in [2.05, 4.69) is 15.0 Å². The van der Waals surface area contributed by atoms with E-state index in [0.717, 1.165) is 28.6 Å². The molecule has 0 saturated heterocycles. The van der Waals surface area contributed by atoms with Gasteiger partial charge in [-0.1, -0.05) is 36.4 Å². The molecule has 0 fully saturated rings. The van der Waals surface area contributed by atoms with Crippen LogP contribution in [0.1, 0.15) is 5.56 Å². The minimum Gasteiger partial charge on any atom is -0.490 e. The summed E-state index contributed by atoms with van der Waals surface area (Å²) < 4.78 is 33.2. The SMILES string of the molecule is O=S(=O)(Nc1ccc(CCNC[C@H](O)COc2cccc3[nH]ccc23)cc1)c1ccccc1. The van der Waals surface area contributed by atoms with Gasteiger partial charge in [0.15, 0.2) is 0 Å². The highest BCUT2D eigenvalue weighted by Gasteiger charge is 2.13. The van der Waals surface area contributed by atoms with Gasteiger partial charge in [0.05, 0.1) is 4.90 Å². The number of ether oxygens (including phenoxy) is 1. The maximum absolute atomic E-state index is 12.4. The third-order valence-corrected chi connectivity index (χ3v) is 6.61.